The fourth-order valence-electron chi connectivity index (χ4n) is 1.44. The number of anilines is 1. The van der Waals surface area contributed by atoms with Gasteiger partial charge in [0.05, 0.1) is 5.75 Å². The third-order valence-electron chi connectivity index (χ3n) is 2.23. The Hall–Kier alpha value is -1.00. The topological polar surface area (TPSA) is 41.1 Å². The van der Waals surface area contributed by atoms with Gasteiger partial charge in [0.15, 0.2) is 0 Å². The molecule has 18 heavy (non-hydrogen) atoms. The van der Waals surface area contributed by atoms with Gasteiger partial charge >= 0.3 is 0 Å². The van der Waals surface area contributed by atoms with E-state index < -0.39 is 0 Å². The monoisotopic (exact) mass is 266 g/mol. The van der Waals surface area contributed by atoms with Crippen LogP contribution in [-0.4, -0.2) is 23.5 Å². The standard InChI is InChI=1S/C14H22N2OS/c1-14(2,3)18-10-13(17)16-12-7-5-6-11(8-12)9-15-4/h5-8,15H,9-10H2,1-4H3,(H,16,17). The van der Waals surface area contributed by atoms with Crippen LogP contribution in [-0.2, 0) is 11.3 Å². The molecule has 1 aromatic carbocycles. The fraction of sp³-hybridized carbons (Fsp3) is 0.500. The zero-order valence-corrected chi connectivity index (χ0v) is 12.4. The average molecular weight is 266 g/mol. The lowest BCUT2D eigenvalue weighted by Gasteiger charge is -2.17. The van der Waals surface area contributed by atoms with E-state index in [4.69, 9.17) is 0 Å². The van der Waals surface area contributed by atoms with E-state index in [1.54, 1.807) is 11.8 Å². The Balaban J connectivity index is 2.51. The molecule has 0 radical (unpaired) electrons. The highest BCUT2D eigenvalue weighted by atomic mass is 32.2. The molecule has 0 atom stereocenters. The van der Waals surface area contributed by atoms with E-state index in [1.807, 2.05) is 31.3 Å². The number of hydrogen-bond donors (Lipinski definition) is 2. The summed E-state index contributed by atoms with van der Waals surface area (Å²) in [6.07, 6.45) is 0. The molecular weight excluding hydrogens is 244 g/mol. The largest absolute Gasteiger partial charge is 0.325 e. The van der Waals surface area contributed by atoms with Crippen LogP contribution in [0.25, 0.3) is 0 Å². The summed E-state index contributed by atoms with van der Waals surface area (Å²) in [5.41, 5.74) is 2.03. The number of hydrogen-bond acceptors (Lipinski definition) is 3. The fourth-order valence-corrected chi connectivity index (χ4v) is 2.08. The summed E-state index contributed by atoms with van der Waals surface area (Å²) in [7, 11) is 1.91. The highest BCUT2D eigenvalue weighted by molar-refractivity contribution is 8.01. The Morgan fingerprint density at radius 3 is 2.67 bits per heavy atom. The number of carbonyl (C=O) groups excluding carboxylic acids is 1. The molecule has 0 aromatic heterocycles. The second-order valence-corrected chi connectivity index (χ2v) is 6.98. The van der Waals surface area contributed by atoms with Gasteiger partial charge in [-0.1, -0.05) is 32.9 Å². The molecule has 4 heteroatoms. The van der Waals surface area contributed by atoms with E-state index >= 15 is 0 Å². The molecule has 0 aliphatic rings. The summed E-state index contributed by atoms with van der Waals surface area (Å²) in [6, 6.07) is 7.91. The first kappa shape index (κ1) is 15.1. The molecule has 0 heterocycles. The maximum Gasteiger partial charge on any atom is 0.234 e. The van der Waals surface area contributed by atoms with Crippen molar-refractivity contribution in [3.05, 3.63) is 29.8 Å². The van der Waals surface area contributed by atoms with Crippen LogP contribution in [0.15, 0.2) is 24.3 Å². The minimum absolute atomic E-state index is 0.0523. The van der Waals surface area contributed by atoms with Gasteiger partial charge < -0.3 is 10.6 Å². The molecule has 0 spiro atoms. The van der Waals surface area contributed by atoms with Gasteiger partial charge in [0.25, 0.3) is 0 Å². The van der Waals surface area contributed by atoms with Gasteiger partial charge in [-0.05, 0) is 24.7 Å². The van der Waals surface area contributed by atoms with Crippen molar-refractivity contribution < 1.29 is 4.79 Å². The van der Waals surface area contributed by atoms with Crippen LogP contribution < -0.4 is 10.6 Å². The van der Waals surface area contributed by atoms with Crippen molar-refractivity contribution in [2.75, 3.05) is 18.1 Å². The molecule has 1 aromatic rings. The van der Waals surface area contributed by atoms with Crippen molar-refractivity contribution >= 4 is 23.4 Å². The van der Waals surface area contributed by atoms with E-state index in [1.165, 1.54) is 5.56 Å². The molecule has 1 amide bonds. The molecule has 0 saturated heterocycles. The predicted molar refractivity (Wildman–Crippen MR) is 80.0 cm³/mol. The van der Waals surface area contributed by atoms with Gasteiger partial charge in [-0.2, -0.15) is 0 Å². The third-order valence-corrected chi connectivity index (χ3v) is 3.50. The highest BCUT2D eigenvalue weighted by Gasteiger charge is 2.13. The number of carbonyl (C=O) groups is 1. The van der Waals surface area contributed by atoms with Crippen molar-refractivity contribution in [1.82, 2.24) is 5.32 Å². The Morgan fingerprint density at radius 2 is 2.06 bits per heavy atom. The molecule has 0 fully saturated rings. The van der Waals surface area contributed by atoms with Crippen LogP contribution >= 0.6 is 11.8 Å². The molecule has 0 aliphatic carbocycles. The Morgan fingerprint density at radius 1 is 1.33 bits per heavy atom. The van der Waals surface area contributed by atoms with Crippen LogP contribution in [0.4, 0.5) is 5.69 Å². The summed E-state index contributed by atoms with van der Waals surface area (Å²) in [5, 5.41) is 6.02. The molecular formula is C14H22N2OS. The predicted octanol–water partition coefficient (Wildman–Crippen LogP) is 2.88. The Labute approximate surface area is 114 Å². The van der Waals surface area contributed by atoms with E-state index in [-0.39, 0.29) is 10.7 Å². The second-order valence-electron chi connectivity index (χ2n) is 5.18. The molecule has 100 valence electrons. The van der Waals surface area contributed by atoms with Gasteiger partial charge in [0.1, 0.15) is 0 Å². The lowest BCUT2D eigenvalue weighted by molar-refractivity contribution is -0.113. The van der Waals surface area contributed by atoms with Crippen molar-refractivity contribution in [3.8, 4) is 0 Å². The summed E-state index contributed by atoms with van der Waals surface area (Å²) in [6.45, 7) is 7.13. The third kappa shape index (κ3) is 6.07. The van der Waals surface area contributed by atoms with Crippen LogP contribution in [0.1, 0.15) is 26.3 Å². The molecule has 2 N–H and O–H groups in total. The Bertz CT molecular complexity index is 399. The maximum atomic E-state index is 11.8. The average Bonchev–Trinajstić information content (AvgIpc) is 2.26. The van der Waals surface area contributed by atoms with Gasteiger partial charge in [-0.25, -0.2) is 0 Å². The minimum Gasteiger partial charge on any atom is -0.325 e. The highest BCUT2D eigenvalue weighted by Crippen LogP contribution is 2.23. The molecule has 1 rings (SSSR count). The SMILES string of the molecule is CNCc1cccc(NC(=O)CSC(C)(C)C)c1. The lowest BCUT2D eigenvalue weighted by Crippen LogP contribution is -2.19. The quantitative estimate of drug-likeness (QED) is 0.861. The summed E-state index contributed by atoms with van der Waals surface area (Å²) in [5.74, 6) is 0.538. The van der Waals surface area contributed by atoms with Crippen LogP contribution in [0.2, 0.25) is 0 Å². The second kappa shape index (κ2) is 6.81. The molecule has 0 saturated carbocycles. The van der Waals surface area contributed by atoms with Crippen LogP contribution in [0, 0.1) is 0 Å². The number of rotatable bonds is 5. The molecule has 3 nitrogen and oxygen atoms in total. The van der Waals surface area contributed by atoms with E-state index in [9.17, 15) is 4.79 Å². The number of thioether (sulfide) groups is 1. The van der Waals surface area contributed by atoms with E-state index in [0.717, 1.165) is 12.2 Å². The maximum absolute atomic E-state index is 11.8. The summed E-state index contributed by atoms with van der Waals surface area (Å²) in [4.78, 5) is 11.8. The smallest absolute Gasteiger partial charge is 0.234 e. The summed E-state index contributed by atoms with van der Waals surface area (Å²) >= 11 is 1.65. The Kier molecular flexibility index (Phi) is 5.69. The van der Waals surface area contributed by atoms with Gasteiger partial charge in [0, 0.05) is 17.0 Å². The van der Waals surface area contributed by atoms with Gasteiger partial charge in [0.2, 0.25) is 5.91 Å². The van der Waals surface area contributed by atoms with Crippen LogP contribution in [0.3, 0.4) is 0 Å². The van der Waals surface area contributed by atoms with Gasteiger partial charge in [-0.3, -0.25) is 4.79 Å². The number of nitrogens with one attached hydrogen (secondary N) is 2. The normalized spacial score (nSPS) is 11.3. The zero-order chi connectivity index (χ0) is 13.6. The van der Waals surface area contributed by atoms with Crippen molar-refractivity contribution in [2.45, 2.75) is 32.1 Å². The molecule has 0 aliphatic heterocycles. The number of benzene rings is 1. The van der Waals surface area contributed by atoms with Crippen LogP contribution in [0.5, 0.6) is 0 Å². The first-order valence-electron chi connectivity index (χ1n) is 6.08. The lowest BCUT2D eigenvalue weighted by atomic mass is 10.2. The number of amides is 1. The summed E-state index contributed by atoms with van der Waals surface area (Å²) < 4.78 is 0.116. The minimum atomic E-state index is 0.0523. The first-order chi connectivity index (χ1) is 8.40. The van der Waals surface area contributed by atoms with Crippen molar-refractivity contribution in [1.29, 1.82) is 0 Å². The van der Waals surface area contributed by atoms with Crippen molar-refractivity contribution in [3.63, 3.8) is 0 Å². The molecule has 0 unspecified atom stereocenters. The molecule has 0 bridgehead atoms. The first-order valence-corrected chi connectivity index (χ1v) is 7.06. The van der Waals surface area contributed by atoms with E-state index in [2.05, 4.69) is 31.4 Å². The van der Waals surface area contributed by atoms with Crippen molar-refractivity contribution in [2.24, 2.45) is 0 Å². The zero-order valence-electron chi connectivity index (χ0n) is 11.5. The van der Waals surface area contributed by atoms with E-state index in [0.29, 0.717) is 5.75 Å². The van der Waals surface area contributed by atoms with Gasteiger partial charge in [-0.15, -0.1) is 11.8 Å².